The van der Waals surface area contributed by atoms with Gasteiger partial charge < -0.3 is 5.73 Å². The summed E-state index contributed by atoms with van der Waals surface area (Å²) in [4.78, 5) is 11.5. The van der Waals surface area contributed by atoms with Crippen LogP contribution in [0.2, 0.25) is 0 Å². The van der Waals surface area contributed by atoms with Crippen molar-refractivity contribution in [3.8, 4) is 0 Å². The molecule has 0 aliphatic heterocycles. The van der Waals surface area contributed by atoms with Crippen LogP contribution in [0.15, 0.2) is 22.7 Å². The number of rotatable bonds is 3. The smallest absolute Gasteiger partial charge is 0.389 e. The summed E-state index contributed by atoms with van der Waals surface area (Å²) in [5, 5.41) is 0. The highest BCUT2D eigenvalue weighted by molar-refractivity contribution is 9.10. The van der Waals surface area contributed by atoms with E-state index in [2.05, 4.69) is 15.9 Å². The van der Waals surface area contributed by atoms with Crippen molar-refractivity contribution in [2.45, 2.75) is 19.0 Å². The minimum absolute atomic E-state index is 0.184. The number of alkyl halides is 3. The Balaban J connectivity index is 2.77. The fourth-order valence-corrected chi connectivity index (χ4v) is 1.61. The van der Waals surface area contributed by atoms with Crippen molar-refractivity contribution in [1.82, 2.24) is 0 Å². The van der Waals surface area contributed by atoms with Crippen LogP contribution in [0.5, 0.6) is 0 Å². The van der Waals surface area contributed by atoms with E-state index in [1.165, 1.54) is 12.1 Å². The SMILES string of the molecule is Nc1ccc(Br)c(C(=O)CCC(F)(F)F)c1. The van der Waals surface area contributed by atoms with E-state index in [1.807, 2.05) is 0 Å². The third kappa shape index (κ3) is 3.84. The number of carbonyl (C=O) groups is 1. The maximum atomic E-state index is 11.9. The summed E-state index contributed by atoms with van der Waals surface area (Å²) in [5.41, 5.74) is 5.98. The Bertz CT molecular complexity index is 404. The quantitative estimate of drug-likeness (QED) is 0.684. The van der Waals surface area contributed by atoms with Crippen LogP contribution in [-0.4, -0.2) is 12.0 Å². The molecule has 2 nitrogen and oxygen atoms in total. The Hall–Kier alpha value is -1.04. The molecular weight excluding hydrogens is 287 g/mol. The van der Waals surface area contributed by atoms with Crippen LogP contribution < -0.4 is 5.73 Å². The number of hydrogen-bond acceptors (Lipinski definition) is 2. The van der Waals surface area contributed by atoms with E-state index >= 15 is 0 Å². The molecule has 0 atom stereocenters. The van der Waals surface area contributed by atoms with Gasteiger partial charge in [-0.05, 0) is 18.2 Å². The Kier molecular flexibility index (Phi) is 3.96. The third-order valence-electron chi connectivity index (χ3n) is 1.93. The molecular formula is C10H9BrF3NO. The van der Waals surface area contributed by atoms with E-state index in [4.69, 9.17) is 5.73 Å². The third-order valence-corrected chi connectivity index (χ3v) is 2.62. The molecule has 0 heterocycles. The lowest BCUT2D eigenvalue weighted by Crippen LogP contribution is -2.11. The highest BCUT2D eigenvalue weighted by Gasteiger charge is 2.28. The van der Waals surface area contributed by atoms with Crippen molar-refractivity contribution in [3.63, 3.8) is 0 Å². The van der Waals surface area contributed by atoms with Gasteiger partial charge in [0, 0.05) is 22.1 Å². The first-order chi connectivity index (χ1) is 7.29. The van der Waals surface area contributed by atoms with Gasteiger partial charge >= 0.3 is 6.18 Å². The maximum Gasteiger partial charge on any atom is 0.389 e. The predicted molar refractivity (Wildman–Crippen MR) is 58.2 cm³/mol. The van der Waals surface area contributed by atoms with Gasteiger partial charge in [-0.2, -0.15) is 13.2 Å². The molecule has 2 N–H and O–H groups in total. The number of benzene rings is 1. The molecule has 0 unspecified atom stereocenters. The molecule has 0 saturated carbocycles. The van der Waals surface area contributed by atoms with Crippen LogP contribution in [0.3, 0.4) is 0 Å². The maximum absolute atomic E-state index is 11.9. The highest BCUT2D eigenvalue weighted by Crippen LogP contribution is 2.25. The van der Waals surface area contributed by atoms with Crippen LogP contribution in [0.1, 0.15) is 23.2 Å². The molecule has 88 valence electrons. The minimum atomic E-state index is -4.32. The number of halogens is 4. The second kappa shape index (κ2) is 4.86. The highest BCUT2D eigenvalue weighted by atomic mass is 79.9. The predicted octanol–water partition coefficient (Wildman–Crippen LogP) is 3.56. The summed E-state index contributed by atoms with van der Waals surface area (Å²) in [6, 6.07) is 4.46. The molecule has 6 heteroatoms. The number of anilines is 1. The van der Waals surface area contributed by atoms with Gasteiger partial charge in [0.05, 0.1) is 6.42 Å². The fourth-order valence-electron chi connectivity index (χ4n) is 1.15. The van der Waals surface area contributed by atoms with Crippen molar-refractivity contribution >= 4 is 27.4 Å². The molecule has 0 aromatic heterocycles. The number of hydrogen-bond donors (Lipinski definition) is 1. The molecule has 1 rings (SSSR count). The van der Waals surface area contributed by atoms with E-state index in [0.29, 0.717) is 10.2 Å². The van der Waals surface area contributed by atoms with Crippen LogP contribution in [-0.2, 0) is 0 Å². The van der Waals surface area contributed by atoms with E-state index < -0.39 is 24.8 Å². The molecule has 16 heavy (non-hydrogen) atoms. The molecule has 0 fully saturated rings. The summed E-state index contributed by atoms with van der Waals surface area (Å²) < 4.78 is 36.2. The molecule has 1 aromatic carbocycles. The summed E-state index contributed by atoms with van der Waals surface area (Å²) in [6.45, 7) is 0. The minimum Gasteiger partial charge on any atom is -0.399 e. The van der Waals surface area contributed by atoms with Gasteiger partial charge in [0.2, 0.25) is 0 Å². The van der Waals surface area contributed by atoms with Gasteiger partial charge in [0.15, 0.2) is 5.78 Å². The van der Waals surface area contributed by atoms with Crippen LogP contribution >= 0.6 is 15.9 Å². The lowest BCUT2D eigenvalue weighted by atomic mass is 10.1. The molecule has 0 radical (unpaired) electrons. The van der Waals surface area contributed by atoms with Crippen LogP contribution in [0.4, 0.5) is 18.9 Å². The van der Waals surface area contributed by atoms with E-state index in [1.54, 1.807) is 6.07 Å². The van der Waals surface area contributed by atoms with Gasteiger partial charge in [-0.1, -0.05) is 15.9 Å². The number of nitrogens with two attached hydrogens (primary N) is 1. The lowest BCUT2D eigenvalue weighted by Gasteiger charge is -2.07. The van der Waals surface area contributed by atoms with Crippen molar-refractivity contribution in [1.29, 1.82) is 0 Å². The molecule has 0 aliphatic rings. The van der Waals surface area contributed by atoms with Crippen molar-refractivity contribution in [2.75, 3.05) is 5.73 Å². The zero-order chi connectivity index (χ0) is 12.3. The topological polar surface area (TPSA) is 43.1 Å². The second-order valence-corrected chi connectivity index (χ2v) is 4.13. The summed E-state index contributed by atoms with van der Waals surface area (Å²) in [5.74, 6) is -0.573. The van der Waals surface area contributed by atoms with E-state index in [9.17, 15) is 18.0 Å². The Morgan fingerprint density at radius 1 is 1.38 bits per heavy atom. The summed E-state index contributed by atoms with van der Waals surface area (Å²) >= 11 is 3.09. The van der Waals surface area contributed by atoms with Crippen LogP contribution in [0.25, 0.3) is 0 Å². The molecule has 1 aromatic rings. The number of nitrogen functional groups attached to an aromatic ring is 1. The number of carbonyl (C=O) groups excluding carboxylic acids is 1. The van der Waals surface area contributed by atoms with Gasteiger partial charge in [-0.3, -0.25) is 4.79 Å². The van der Waals surface area contributed by atoms with Gasteiger partial charge in [0.25, 0.3) is 0 Å². The zero-order valence-corrected chi connectivity index (χ0v) is 9.73. The van der Waals surface area contributed by atoms with Gasteiger partial charge in [0.1, 0.15) is 0 Å². The second-order valence-electron chi connectivity index (χ2n) is 3.28. The Morgan fingerprint density at radius 3 is 2.56 bits per heavy atom. The standard InChI is InChI=1S/C10H9BrF3NO/c11-8-2-1-6(15)5-7(8)9(16)3-4-10(12,13)14/h1-2,5H,3-4,15H2. The molecule has 0 bridgehead atoms. The van der Waals surface area contributed by atoms with Gasteiger partial charge in [-0.15, -0.1) is 0 Å². The van der Waals surface area contributed by atoms with Crippen molar-refractivity contribution in [3.05, 3.63) is 28.2 Å². The number of ketones is 1. The van der Waals surface area contributed by atoms with E-state index in [0.717, 1.165) is 0 Å². The van der Waals surface area contributed by atoms with Gasteiger partial charge in [-0.25, -0.2) is 0 Å². The fraction of sp³-hybridized carbons (Fsp3) is 0.300. The van der Waals surface area contributed by atoms with Crippen molar-refractivity contribution in [2.24, 2.45) is 0 Å². The number of Topliss-reactive ketones (excluding diaryl/α,β-unsaturated/α-hetero) is 1. The molecule has 0 amide bonds. The first-order valence-corrected chi connectivity index (χ1v) is 5.24. The summed E-state index contributed by atoms with van der Waals surface area (Å²) in [7, 11) is 0. The average Bonchev–Trinajstić information content (AvgIpc) is 2.17. The average molecular weight is 296 g/mol. The molecule has 0 spiro atoms. The molecule has 0 aliphatic carbocycles. The summed E-state index contributed by atoms with van der Waals surface area (Å²) in [6.07, 6.45) is -6.00. The Morgan fingerprint density at radius 2 is 2.00 bits per heavy atom. The largest absolute Gasteiger partial charge is 0.399 e. The zero-order valence-electron chi connectivity index (χ0n) is 8.14. The van der Waals surface area contributed by atoms with Crippen molar-refractivity contribution < 1.29 is 18.0 Å². The monoisotopic (exact) mass is 295 g/mol. The Labute approximate surface area is 98.8 Å². The lowest BCUT2D eigenvalue weighted by molar-refractivity contribution is -0.133. The van der Waals surface area contributed by atoms with Crippen LogP contribution in [0, 0.1) is 0 Å². The van der Waals surface area contributed by atoms with E-state index in [-0.39, 0.29) is 5.56 Å². The first kappa shape index (κ1) is 13.0. The molecule has 0 saturated heterocycles. The normalized spacial score (nSPS) is 11.5. The first-order valence-electron chi connectivity index (χ1n) is 4.44.